The lowest BCUT2D eigenvalue weighted by atomic mass is 10.1. The summed E-state index contributed by atoms with van der Waals surface area (Å²) in [5.41, 5.74) is 4.07. The van der Waals surface area contributed by atoms with Gasteiger partial charge in [-0.1, -0.05) is 30.3 Å². The Kier molecular flexibility index (Phi) is 5.37. The standard InChI is InChI=1S/C21H23N3O2/c1-15(25)24(2)18-9-7-16(8-10-18)13-21(26)22-12-11-17-14-23-20-6-4-3-5-19(17)20/h3-10,14,23H,11-13H2,1-2H3,(H,22,26). The lowest BCUT2D eigenvalue weighted by Gasteiger charge is -2.15. The number of carbonyl (C=O) groups excluding carboxylic acids is 2. The van der Waals surface area contributed by atoms with Crippen molar-refractivity contribution in [3.8, 4) is 0 Å². The van der Waals surface area contributed by atoms with Gasteiger partial charge in [-0.25, -0.2) is 0 Å². The summed E-state index contributed by atoms with van der Waals surface area (Å²) in [6.45, 7) is 2.13. The number of nitrogens with one attached hydrogen (secondary N) is 2. The van der Waals surface area contributed by atoms with Crippen molar-refractivity contribution in [2.75, 3.05) is 18.5 Å². The van der Waals surface area contributed by atoms with Gasteiger partial charge in [-0.2, -0.15) is 0 Å². The van der Waals surface area contributed by atoms with Crippen LogP contribution in [-0.2, 0) is 22.4 Å². The van der Waals surface area contributed by atoms with Crippen LogP contribution in [-0.4, -0.2) is 30.4 Å². The van der Waals surface area contributed by atoms with Gasteiger partial charge in [0.25, 0.3) is 0 Å². The minimum atomic E-state index is -0.0206. The summed E-state index contributed by atoms with van der Waals surface area (Å²) in [7, 11) is 1.73. The van der Waals surface area contributed by atoms with E-state index < -0.39 is 0 Å². The summed E-state index contributed by atoms with van der Waals surface area (Å²) < 4.78 is 0. The van der Waals surface area contributed by atoms with Gasteiger partial charge in [0.1, 0.15) is 0 Å². The Bertz CT molecular complexity index is 912. The molecule has 26 heavy (non-hydrogen) atoms. The number of para-hydroxylation sites is 1. The minimum Gasteiger partial charge on any atom is -0.361 e. The van der Waals surface area contributed by atoms with Gasteiger partial charge in [0.05, 0.1) is 6.42 Å². The molecule has 0 saturated carbocycles. The number of H-pyrrole nitrogens is 1. The minimum absolute atomic E-state index is 0.00230. The number of benzene rings is 2. The average molecular weight is 349 g/mol. The van der Waals surface area contributed by atoms with E-state index in [9.17, 15) is 9.59 Å². The van der Waals surface area contributed by atoms with Crippen molar-refractivity contribution in [2.45, 2.75) is 19.8 Å². The molecule has 2 amide bonds. The first kappa shape index (κ1) is 17.7. The van der Waals surface area contributed by atoms with Gasteiger partial charge < -0.3 is 15.2 Å². The lowest BCUT2D eigenvalue weighted by molar-refractivity contribution is -0.120. The van der Waals surface area contributed by atoms with Crippen molar-refractivity contribution in [1.82, 2.24) is 10.3 Å². The third-order valence-corrected chi connectivity index (χ3v) is 4.55. The molecule has 0 atom stereocenters. The van der Waals surface area contributed by atoms with Crippen LogP contribution in [0.4, 0.5) is 5.69 Å². The van der Waals surface area contributed by atoms with E-state index in [1.54, 1.807) is 11.9 Å². The second-order valence-corrected chi connectivity index (χ2v) is 6.38. The van der Waals surface area contributed by atoms with Crippen LogP contribution in [0.1, 0.15) is 18.1 Å². The first-order valence-electron chi connectivity index (χ1n) is 8.69. The quantitative estimate of drug-likeness (QED) is 0.718. The van der Waals surface area contributed by atoms with Crippen LogP contribution in [0.3, 0.4) is 0 Å². The van der Waals surface area contributed by atoms with E-state index in [1.807, 2.05) is 48.7 Å². The summed E-state index contributed by atoms with van der Waals surface area (Å²) in [5.74, 6) is -0.0229. The third kappa shape index (κ3) is 4.11. The van der Waals surface area contributed by atoms with Crippen LogP contribution in [0.15, 0.2) is 54.7 Å². The Balaban J connectivity index is 1.50. The molecule has 2 N–H and O–H groups in total. The van der Waals surface area contributed by atoms with Crippen LogP contribution in [0.2, 0.25) is 0 Å². The Morgan fingerprint density at radius 3 is 2.54 bits per heavy atom. The van der Waals surface area contributed by atoms with Crippen LogP contribution >= 0.6 is 0 Å². The zero-order valence-electron chi connectivity index (χ0n) is 15.1. The molecule has 0 aliphatic heterocycles. The smallest absolute Gasteiger partial charge is 0.224 e. The van der Waals surface area contributed by atoms with Crippen LogP contribution in [0, 0.1) is 0 Å². The van der Waals surface area contributed by atoms with Crippen LogP contribution < -0.4 is 10.2 Å². The molecule has 0 radical (unpaired) electrons. The maximum atomic E-state index is 12.1. The molecule has 0 aliphatic carbocycles. The average Bonchev–Trinajstić information content (AvgIpc) is 3.05. The third-order valence-electron chi connectivity index (χ3n) is 4.55. The number of aromatic amines is 1. The van der Waals surface area contributed by atoms with Gasteiger partial charge >= 0.3 is 0 Å². The van der Waals surface area contributed by atoms with E-state index in [2.05, 4.69) is 16.4 Å². The summed E-state index contributed by atoms with van der Waals surface area (Å²) in [6, 6.07) is 15.6. The number of hydrogen-bond acceptors (Lipinski definition) is 2. The fraction of sp³-hybridized carbons (Fsp3) is 0.238. The van der Waals surface area contributed by atoms with Gasteiger partial charge in [0, 0.05) is 43.3 Å². The van der Waals surface area contributed by atoms with E-state index in [1.165, 1.54) is 17.9 Å². The van der Waals surface area contributed by atoms with Crippen LogP contribution in [0.5, 0.6) is 0 Å². The number of amides is 2. The Labute approximate surface area is 153 Å². The fourth-order valence-corrected chi connectivity index (χ4v) is 2.94. The molecule has 2 aromatic carbocycles. The molecule has 0 unspecified atom stereocenters. The summed E-state index contributed by atoms with van der Waals surface area (Å²) in [6.07, 6.45) is 3.12. The maximum Gasteiger partial charge on any atom is 0.224 e. The normalized spacial score (nSPS) is 10.7. The van der Waals surface area contributed by atoms with E-state index in [-0.39, 0.29) is 11.8 Å². The molecule has 1 heterocycles. The van der Waals surface area contributed by atoms with E-state index in [0.717, 1.165) is 23.2 Å². The Morgan fingerprint density at radius 2 is 1.81 bits per heavy atom. The van der Waals surface area contributed by atoms with Gasteiger partial charge in [-0.15, -0.1) is 0 Å². The maximum absolute atomic E-state index is 12.1. The van der Waals surface area contributed by atoms with Gasteiger partial charge in [0.2, 0.25) is 11.8 Å². The zero-order chi connectivity index (χ0) is 18.5. The Morgan fingerprint density at radius 1 is 1.08 bits per heavy atom. The molecular weight excluding hydrogens is 326 g/mol. The molecule has 5 nitrogen and oxygen atoms in total. The molecule has 0 aliphatic rings. The number of carbonyl (C=O) groups is 2. The summed E-state index contributed by atoms with van der Waals surface area (Å²) in [4.78, 5) is 28.3. The van der Waals surface area contributed by atoms with Crippen molar-refractivity contribution >= 4 is 28.4 Å². The highest BCUT2D eigenvalue weighted by Crippen LogP contribution is 2.18. The molecule has 134 valence electrons. The van der Waals surface area contributed by atoms with E-state index in [0.29, 0.717) is 13.0 Å². The largest absolute Gasteiger partial charge is 0.361 e. The zero-order valence-corrected chi connectivity index (χ0v) is 15.1. The highest BCUT2D eigenvalue weighted by Gasteiger charge is 2.08. The summed E-state index contributed by atoms with van der Waals surface area (Å²) >= 11 is 0. The van der Waals surface area contributed by atoms with Crippen molar-refractivity contribution in [3.63, 3.8) is 0 Å². The predicted molar refractivity (Wildman–Crippen MR) is 104 cm³/mol. The number of nitrogens with zero attached hydrogens (tertiary/aromatic N) is 1. The first-order valence-corrected chi connectivity index (χ1v) is 8.69. The SMILES string of the molecule is CC(=O)N(C)c1ccc(CC(=O)NCCc2c[nH]c3ccccc23)cc1. The van der Waals surface area contributed by atoms with Gasteiger partial charge in [-0.05, 0) is 35.7 Å². The van der Waals surface area contributed by atoms with Crippen LogP contribution in [0.25, 0.3) is 10.9 Å². The topological polar surface area (TPSA) is 65.2 Å². The fourth-order valence-electron chi connectivity index (χ4n) is 2.94. The van der Waals surface area contributed by atoms with Crippen molar-refractivity contribution in [2.24, 2.45) is 0 Å². The Hall–Kier alpha value is -3.08. The molecule has 0 fully saturated rings. The number of anilines is 1. The molecule has 0 bridgehead atoms. The molecule has 0 spiro atoms. The predicted octanol–water partition coefficient (Wildman–Crippen LogP) is 3.05. The van der Waals surface area contributed by atoms with E-state index >= 15 is 0 Å². The number of hydrogen-bond donors (Lipinski definition) is 2. The van der Waals surface area contributed by atoms with Gasteiger partial charge in [0.15, 0.2) is 0 Å². The monoisotopic (exact) mass is 349 g/mol. The van der Waals surface area contributed by atoms with Crippen molar-refractivity contribution in [3.05, 3.63) is 65.9 Å². The molecule has 0 saturated heterocycles. The first-order chi connectivity index (χ1) is 12.5. The summed E-state index contributed by atoms with van der Waals surface area (Å²) in [5, 5.41) is 4.17. The number of rotatable bonds is 6. The highest BCUT2D eigenvalue weighted by atomic mass is 16.2. The van der Waals surface area contributed by atoms with Crippen molar-refractivity contribution < 1.29 is 9.59 Å². The van der Waals surface area contributed by atoms with Crippen molar-refractivity contribution in [1.29, 1.82) is 0 Å². The molecule has 5 heteroatoms. The lowest BCUT2D eigenvalue weighted by Crippen LogP contribution is -2.27. The molecule has 3 rings (SSSR count). The number of aromatic nitrogens is 1. The number of fused-ring (bicyclic) bond motifs is 1. The molecule has 1 aromatic heterocycles. The van der Waals surface area contributed by atoms with E-state index in [4.69, 9.17) is 0 Å². The second-order valence-electron chi connectivity index (χ2n) is 6.38. The molecule has 3 aromatic rings. The van der Waals surface area contributed by atoms with Gasteiger partial charge in [-0.3, -0.25) is 9.59 Å². The molecular formula is C21H23N3O2. The second kappa shape index (κ2) is 7.87. The highest BCUT2D eigenvalue weighted by molar-refractivity contribution is 5.91.